The molecule has 0 spiro atoms. The summed E-state index contributed by atoms with van der Waals surface area (Å²) in [7, 11) is -3.46. The van der Waals surface area contributed by atoms with Crippen molar-refractivity contribution in [2.45, 2.75) is 36.6 Å². The van der Waals surface area contributed by atoms with Crippen molar-refractivity contribution in [3.8, 4) is 0 Å². The Hall–Kier alpha value is -0.890. The predicted molar refractivity (Wildman–Crippen MR) is 84.0 cm³/mol. The van der Waals surface area contributed by atoms with Crippen molar-refractivity contribution in [3.05, 3.63) is 33.3 Å². The summed E-state index contributed by atoms with van der Waals surface area (Å²) in [6, 6.07) is 4.14. The van der Waals surface area contributed by atoms with Crippen LogP contribution in [0.2, 0.25) is 0 Å². The topological polar surface area (TPSA) is 58.2 Å². The van der Waals surface area contributed by atoms with Gasteiger partial charge in [0.15, 0.2) is 0 Å². The second-order valence-electron chi connectivity index (χ2n) is 4.94. The summed E-state index contributed by atoms with van der Waals surface area (Å²) in [5.74, 6) is 0. The summed E-state index contributed by atoms with van der Waals surface area (Å²) in [6.07, 6.45) is 2.46. The largest absolute Gasteiger partial charge is 0.309 e. The monoisotopic (exact) mass is 328 g/mol. The maximum absolute atomic E-state index is 12.3. The first-order valence-corrected chi connectivity index (χ1v) is 9.66. The van der Waals surface area contributed by atoms with E-state index in [2.05, 4.69) is 10.0 Å². The first kappa shape index (κ1) is 14.1. The van der Waals surface area contributed by atoms with Crippen molar-refractivity contribution in [1.29, 1.82) is 0 Å². The van der Waals surface area contributed by atoms with E-state index in [1.165, 1.54) is 35.5 Å². The Balaban J connectivity index is 1.76. The molecule has 2 aromatic heterocycles. The summed E-state index contributed by atoms with van der Waals surface area (Å²) in [5, 5.41) is 7.06. The Morgan fingerprint density at radius 1 is 1.40 bits per heavy atom. The second kappa shape index (κ2) is 5.48. The van der Waals surface area contributed by atoms with Crippen molar-refractivity contribution in [1.82, 2.24) is 5.32 Å². The third-order valence-electron chi connectivity index (χ3n) is 3.16. The number of rotatable bonds is 6. The molecule has 1 saturated carbocycles. The van der Waals surface area contributed by atoms with Crippen molar-refractivity contribution < 1.29 is 8.42 Å². The minimum atomic E-state index is -3.46. The molecule has 2 N–H and O–H groups in total. The molecule has 0 saturated heterocycles. The number of hydrogen-bond acceptors (Lipinski definition) is 5. The van der Waals surface area contributed by atoms with E-state index >= 15 is 0 Å². The molecule has 4 nitrogen and oxygen atoms in total. The van der Waals surface area contributed by atoms with Crippen LogP contribution in [-0.2, 0) is 16.6 Å². The van der Waals surface area contributed by atoms with Crippen LogP contribution in [-0.4, -0.2) is 14.5 Å². The molecule has 0 aromatic carbocycles. The lowest BCUT2D eigenvalue weighted by Gasteiger charge is -2.03. The highest BCUT2D eigenvalue weighted by Crippen LogP contribution is 2.29. The van der Waals surface area contributed by atoms with E-state index in [9.17, 15) is 8.42 Å². The summed E-state index contributed by atoms with van der Waals surface area (Å²) in [6.45, 7) is 2.72. The highest BCUT2D eigenvalue weighted by atomic mass is 32.2. The molecule has 0 unspecified atom stereocenters. The first-order chi connectivity index (χ1) is 9.54. The molecule has 0 atom stereocenters. The fourth-order valence-electron chi connectivity index (χ4n) is 1.85. The van der Waals surface area contributed by atoms with Gasteiger partial charge >= 0.3 is 0 Å². The Bertz CT molecular complexity index is 685. The van der Waals surface area contributed by atoms with Gasteiger partial charge in [-0.2, -0.15) is 11.3 Å². The highest BCUT2D eigenvalue weighted by Gasteiger charge is 2.22. The molecule has 7 heteroatoms. The lowest BCUT2D eigenvalue weighted by atomic mass is 10.3. The first-order valence-electron chi connectivity index (χ1n) is 6.42. The highest BCUT2D eigenvalue weighted by molar-refractivity contribution is 7.94. The van der Waals surface area contributed by atoms with Crippen LogP contribution in [0.5, 0.6) is 0 Å². The lowest BCUT2D eigenvalue weighted by molar-refractivity contribution is 0.603. The molecule has 0 radical (unpaired) electrons. The Kier molecular flexibility index (Phi) is 3.85. The minimum absolute atomic E-state index is 0.383. The van der Waals surface area contributed by atoms with Gasteiger partial charge in [0.2, 0.25) is 0 Å². The van der Waals surface area contributed by atoms with Crippen LogP contribution < -0.4 is 10.0 Å². The number of hydrogen-bond donors (Lipinski definition) is 2. The van der Waals surface area contributed by atoms with Gasteiger partial charge in [0.05, 0.1) is 5.69 Å². The van der Waals surface area contributed by atoms with Crippen molar-refractivity contribution >= 4 is 38.4 Å². The van der Waals surface area contributed by atoms with E-state index in [4.69, 9.17) is 0 Å². The van der Waals surface area contributed by atoms with Crippen LogP contribution in [0.25, 0.3) is 0 Å². The molecular weight excluding hydrogens is 312 g/mol. The summed E-state index contributed by atoms with van der Waals surface area (Å²) in [4.78, 5) is 1.10. The van der Waals surface area contributed by atoms with Crippen LogP contribution in [0, 0.1) is 6.92 Å². The average Bonchev–Trinajstić information content (AvgIpc) is 2.94. The van der Waals surface area contributed by atoms with Crippen LogP contribution in [0.1, 0.15) is 23.3 Å². The molecule has 3 rings (SSSR count). The Labute approximate surface area is 126 Å². The SMILES string of the molecule is Cc1cc(S(=O)(=O)Nc2ccsc2)sc1CNC1CC1. The number of aryl methyl sites for hydroxylation is 1. The zero-order chi connectivity index (χ0) is 14.2. The van der Waals surface area contributed by atoms with Gasteiger partial charge in [0, 0.05) is 22.8 Å². The predicted octanol–water partition coefficient (Wildman–Crippen LogP) is 3.17. The smallest absolute Gasteiger partial charge is 0.271 e. The van der Waals surface area contributed by atoms with Gasteiger partial charge in [0.25, 0.3) is 10.0 Å². The van der Waals surface area contributed by atoms with E-state index in [1.807, 2.05) is 12.3 Å². The third-order valence-corrected chi connectivity index (χ3v) is 6.94. The summed E-state index contributed by atoms with van der Waals surface area (Å²) in [5.41, 5.74) is 1.66. The quantitative estimate of drug-likeness (QED) is 0.856. The molecule has 20 heavy (non-hydrogen) atoms. The van der Waals surface area contributed by atoms with Crippen LogP contribution in [0.3, 0.4) is 0 Å². The van der Waals surface area contributed by atoms with Crippen LogP contribution in [0.4, 0.5) is 5.69 Å². The molecule has 2 heterocycles. The second-order valence-corrected chi connectivity index (χ2v) is 8.77. The molecule has 2 aromatic rings. The van der Waals surface area contributed by atoms with E-state index in [0.717, 1.165) is 17.0 Å². The zero-order valence-corrected chi connectivity index (χ0v) is 13.5. The fraction of sp³-hybridized carbons (Fsp3) is 0.385. The Morgan fingerprint density at radius 3 is 2.85 bits per heavy atom. The molecule has 1 aliphatic rings. The normalized spacial score (nSPS) is 15.4. The minimum Gasteiger partial charge on any atom is -0.309 e. The van der Waals surface area contributed by atoms with Gasteiger partial charge in [0.1, 0.15) is 4.21 Å². The molecule has 0 amide bonds. The molecule has 1 fully saturated rings. The molecule has 0 bridgehead atoms. The molecule has 0 aliphatic heterocycles. The van der Waals surface area contributed by atoms with Gasteiger partial charge in [-0.15, -0.1) is 11.3 Å². The van der Waals surface area contributed by atoms with Crippen LogP contribution in [0.15, 0.2) is 27.1 Å². The summed E-state index contributed by atoms with van der Waals surface area (Å²) < 4.78 is 27.6. The van der Waals surface area contributed by atoms with Crippen LogP contribution >= 0.6 is 22.7 Å². The van der Waals surface area contributed by atoms with Gasteiger partial charge in [-0.25, -0.2) is 8.42 Å². The number of nitrogens with one attached hydrogen (secondary N) is 2. The fourth-order valence-corrected chi connectivity index (χ4v) is 5.10. The average molecular weight is 328 g/mol. The lowest BCUT2D eigenvalue weighted by Crippen LogP contribution is -2.14. The molecular formula is C13H16N2O2S3. The van der Waals surface area contributed by atoms with Crippen molar-refractivity contribution in [3.63, 3.8) is 0 Å². The Morgan fingerprint density at radius 2 is 2.20 bits per heavy atom. The van der Waals surface area contributed by atoms with E-state index in [-0.39, 0.29) is 0 Å². The molecule has 108 valence electrons. The number of thiophene rings is 2. The van der Waals surface area contributed by atoms with Gasteiger partial charge < -0.3 is 5.32 Å². The van der Waals surface area contributed by atoms with E-state index < -0.39 is 10.0 Å². The van der Waals surface area contributed by atoms with Crippen molar-refractivity contribution in [2.24, 2.45) is 0 Å². The van der Waals surface area contributed by atoms with Gasteiger partial charge in [-0.3, -0.25) is 4.72 Å². The van der Waals surface area contributed by atoms with Gasteiger partial charge in [-0.05, 0) is 42.8 Å². The standard InChI is InChI=1S/C13H16N2O2S3/c1-9-6-13(19-12(9)7-14-10-2-3-10)20(16,17)15-11-4-5-18-8-11/h4-6,8,10,14-15H,2-3,7H2,1H3. The zero-order valence-electron chi connectivity index (χ0n) is 11.0. The van der Waals surface area contributed by atoms with Crippen molar-refractivity contribution in [2.75, 3.05) is 4.72 Å². The summed E-state index contributed by atoms with van der Waals surface area (Å²) >= 11 is 2.82. The number of anilines is 1. The maximum atomic E-state index is 12.3. The maximum Gasteiger partial charge on any atom is 0.271 e. The van der Waals surface area contributed by atoms with E-state index in [1.54, 1.807) is 17.5 Å². The van der Waals surface area contributed by atoms with E-state index in [0.29, 0.717) is 15.9 Å². The third kappa shape index (κ3) is 3.22. The number of sulfonamides is 1. The van der Waals surface area contributed by atoms with Gasteiger partial charge in [-0.1, -0.05) is 0 Å². The molecule has 1 aliphatic carbocycles.